The number of anilines is 1. The van der Waals surface area contributed by atoms with E-state index in [1.165, 1.54) is 10.5 Å². The quantitative estimate of drug-likeness (QED) is 0.713. The van der Waals surface area contributed by atoms with Crippen LogP contribution < -0.4 is 5.32 Å². The number of carbonyl (C=O) groups is 1. The van der Waals surface area contributed by atoms with Crippen LogP contribution in [-0.4, -0.2) is 59.3 Å². The third kappa shape index (κ3) is 7.21. The number of phenols is 1. The van der Waals surface area contributed by atoms with Crippen molar-refractivity contribution < 1.29 is 15.0 Å². The number of rotatable bonds is 3. The highest BCUT2D eigenvalue weighted by molar-refractivity contribution is 5.85. The van der Waals surface area contributed by atoms with Gasteiger partial charge in [-0.05, 0) is 29.8 Å². The molecule has 1 amide bonds. The second kappa shape index (κ2) is 11.2. The average Bonchev–Trinajstić information content (AvgIpc) is 2.64. The molecule has 2 aromatic rings. The number of aromatic hydroxyl groups is 1. The molecule has 6 nitrogen and oxygen atoms in total. The molecule has 142 valence electrons. The molecule has 0 spiro atoms. The summed E-state index contributed by atoms with van der Waals surface area (Å²) in [6, 6.07) is 17.2. The van der Waals surface area contributed by atoms with Gasteiger partial charge in [0.05, 0.1) is 0 Å². The molecular weight excluding hydrogens is 354 g/mol. The third-order valence-electron chi connectivity index (χ3n) is 4.05. The van der Waals surface area contributed by atoms with Gasteiger partial charge in [-0.15, -0.1) is 12.4 Å². The Morgan fingerprint density at radius 2 is 1.58 bits per heavy atom. The summed E-state index contributed by atoms with van der Waals surface area (Å²) in [6.45, 7) is 3.78. The molecule has 26 heavy (non-hydrogen) atoms. The lowest BCUT2D eigenvalue weighted by Gasteiger charge is -2.33. The van der Waals surface area contributed by atoms with E-state index in [-0.39, 0.29) is 12.4 Å². The maximum absolute atomic E-state index is 10.7. The molecule has 1 heterocycles. The van der Waals surface area contributed by atoms with E-state index in [9.17, 15) is 4.79 Å². The topological polar surface area (TPSA) is 76.0 Å². The van der Waals surface area contributed by atoms with Crippen LogP contribution in [0.25, 0.3) is 0 Å². The Bertz CT molecular complexity index is 645. The molecule has 0 atom stereocenters. The van der Waals surface area contributed by atoms with Gasteiger partial charge in [-0.25, -0.2) is 4.79 Å². The number of halogens is 1. The first-order valence-electron chi connectivity index (χ1n) is 8.29. The van der Waals surface area contributed by atoms with Gasteiger partial charge in [0.15, 0.2) is 0 Å². The largest absolute Gasteiger partial charge is 0.508 e. The number of hydrogen-bond donors (Lipinski definition) is 3. The highest BCUT2D eigenvalue weighted by Crippen LogP contribution is 2.12. The van der Waals surface area contributed by atoms with Crippen molar-refractivity contribution in [2.24, 2.45) is 0 Å². The maximum atomic E-state index is 10.7. The van der Waals surface area contributed by atoms with Crippen LogP contribution in [0.5, 0.6) is 5.75 Å². The van der Waals surface area contributed by atoms with Crippen LogP contribution >= 0.6 is 12.4 Å². The molecule has 3 N–H and O–H groups in total. The first kappa shape index (κ1) is 21.6. The van der Waals surface area contributed by atoms with Crippen molar-refractivity contribution in [1.82, 2.24) is 9.80 Å². The minimum atomic E-state index is -0.806. The highest BCUT2D eigenvalue weighted by Gasteiger charge is 2.19. The van der Waals surface area contributed by atoms with Crippen LogP contribution in [0, 0.1) is 0 Å². The number of amides is 1. The molecule has 0 aromatic heterocycles. The van der Waals surface area contributed by atoms with E-state index in [1.807, 2.05) is 37.4 Å². The van der Waals surface area contributed by atoms with Crippen molar-refractivity contribution >= 4 is 24.2 Å². The molecule has 0 bridgehead atoms. The van der Waals surface area contributed by atoms with E-state index < -0.39 is 6.09 Å². The van der Waals surface area contributed by atoms with E-state index in [4.69, 9.17) is 10.2 Å². The Morgan fingerprint density at radius 3 is 2.08 bits per heavy atom. The number of nitrogens with zero attached hydrogens (tertiary/aromatic N) is 2. The number of hydrogen-bond acceptors (Lipinski definition) is 4. The van der Waals surface area contributed by atoms with Gasteiger partial charge in [0, 0.05) is 45.5 Å². The van der Waals surface area contributed by atoms with Crippen molar-refractivity contribution in [3.05, 3.63) is 60.2 Å². The fourth-order valence-electron chi connectivity index (χ4n) is 2.57. The molecule has 2 aromatic carbocycles. The fourth-order valence-corrected chi connectivity index (χ4v) is 2.57. The fraction of sp³-hybridized carbons (Fsp3) is 0.316. The monoisotopic (exact) mass is 379 g/mol. The number of nitrogens with one attached hydrogen (secondary N) is 1. The Kier molecular flexibility index (Phi) is 9.33. The standard InChI is InChI=1S/C12H16N2O2.C7H9NO.ClH/c15-12(16)14-8-6-13(7-9-14)10-11-4-2-1-3-5-11;1-8-6-2-4-7(9)5-3-6;/h1-5H,6-10H2,(H,15,16);2-5,8-9H,1H3;1H. The maximum Gasteiger partial charge on any atom is 0.407 e. The van der Waals surface area contributed by atoms with Crippen molar-refractivity contribution in [3.8, 4) is 5.75 Å². The van der Waals surface area contributed by atoms with E-state index in [0.29, 0.717) is 18.8 Å². The smallest absolute Gasteiger partial charge is 0.407 e. The molecule has 0 radical (unpaired) electrons. The molecule has 1 saturated heterocycles. The van der Waals surface area contributed by atoms with E-state index in [1.54, 1.807) is 12.1 Å². The third-order valence-corrected chi connectivity index (χ3v) is 4.05. The number of piperazine rings is 1. The van der Waals surface area contributed by atoms with E-state index in [2.05, 4.69) is 22.3 Å². The SMILES string of the molecule is CNc1ccc(O)cc1.Cl.O=C(O)N1CCN(Cc2ccccc2)CC1. The van der Waals surface area contributed by atoms with Gasteiger partial charge in [-0.2, -0.15) is 0 Å². The second-order valence-electron chi connectivity index (χ2n) is 5.83. The first-order chi connectivity index (χ1) is 12.1. The van der Waals surface area contributed by atoms with Gasteiger partial charge in [0.2, 0.25) is 0 Å². The van der Waals surface area contributed by atoms with Gasteiger partial charge in [0.25, 0.3) is 0 Å². The molecule has 0 unspecified atom stereocenters. The van der Waals surface area contributed by atoms with Crippen LogP contribution in [0.15, 0.2) is 54.6 Å². The molecule has 0 saturated carbocycles. The number of benzene rings is 2. The van der Waals surface area contributed by atoms with Crippen LogP contribution in [0.2, 0.25) is 0 Å². The molecule has 7 heteroatoms. The van der Waals surface area contributed by atoms with Gasteiger partial charge in [-0.3, -0.25) is 4.90 Å². The molecule has 3 rings (SSSR count). The van der Waals surface area contributed by atoms with Crippen LogP contribution in [0.4, 0.5) is 10.5 Å². The van der Waals surface area contributed by atoms with Gasteiger partial charge >= 0.3 is 6.09 Å². The highest BCUT2D eigenvalue weighted by atomic mass is 35.5. The van der Waals surface area contributed by atoms with Crippen LogP contribution in [0.1, 0.15) is 5.56 Å². The molecule has 1 aliphatic heterocycles. The summed E-state index contributed by atoms with van der Waals surface area (Å²) in [6.07, 6.45) is -0.806. The Balaban J connectivity index is 0.000000290. The van der Waals surface area contributed by atoms with E-state index >= 15 is 0 Å². The number of carboxylic acid groups (broad SMARTS) is 1. The summed E-state index contributed by atoms with van der Waals surface area (Å²) in [5.74, 6) is 0.300. The Labute approximate surface area is 160 Å². The Morgan fingerprint density at radius 1 is 1.00 bits per heavy atom. The zero-order valence-electron chi connectivity index (χ0n) is 14.8. The van der Waals surface area contributed by atoms with Crippen LogP contribution in [0.3, 0.4) is 0 Å². The predicted octanol–water partition coefficient (Wildman–Crippen LogP) is 3.34. The van der Waals surface area contributed by atoms with Crippen LogP contribution in [-0.2, 0) is 6.54 Å². The van der Waals surface area contributed by atoms with Gasteiger partial charge < -0.3 is 20.4 Å². The lowest BCUT2D eigenvalue weighted by molar-refractivity contribution is 0.103. The second-order valence-corrected chi connectivity index (χ2v) is 5.83. The van der Waals surface area contributed by atoms with Crippen molar-refractivity contribution in [2.45, 2.75) is 6.54 Å². The molecule has 1 fully saturated rings. The van der Waals surface area contributed by atoms with Gasteiger partial charge in [0.1, 0.15) is 5.75 Å². The minimum Gasteiger partial charge on any atom is -0.508 e. The predicted molar refractivity (Wildman–Crippen MR) is 106 cm³/mol. The minimum absolute atomic E-state index is 0. The lowest BCUT2D eigenvalue weighted by Crippen LogP contribution is -2.47. The first-order valence-corrected chi connectivity index (χ1v) is 8.29. The number of phenolic OH excluding ortho intramolecular Hbond substituents is 1. The summed E-state index contributed by atoms with van der Waals surface area (Å²) < 4.78 is 0. The van der Waals surface area contributed by atoms with Crippen molar-refractivity contribution in [3.63, 3.8) is 0 Å². The summed E-state index contributed by atoms with van der Waals surface area (Å²) in [5.41, 5.74) is 2.29. The molecule has 1 aliphatic rings. The lowest BCUT2D eigenvalue weighted by atomic mass is 10.2. The van der Waals surface area contributed by atoms with Crippen molar-refractivity contribution in [2.75, 3.05) is 38.5 Å². The van der Waals surface area contributed by atoms with Gasteiger partial charge in [-0.1, -0.05) is 30.3 Å². The molecule has 0 aliphatic carbocycles. The summed E-state index contributed by atoms with van der Waals surface area (Å²) in [7, 11) is 1.84. The summed E-state index contributed by atoms with van der Waals surface area (Å²) in [4.78, 5) is 14.5. The zero-order chi connectivity index (χ0) is 18.1. The normalized spacial score (nSPS) is 13.8. The zero-order valence-corrected chi connectivity index (χ0v) is 15.7. The van der Waals surface area contributed by atoms with Crippen molar-refractivity contribution in [1.29, 1.82) is 0 Å². The average molecular weight is 380 g/mol. The summed E-state index contributed by atoms with van der Waals surface area (Å²) in [5, 5.41) is 20.6. The summed E-state index contributed by atoms with van der Waals surface area (Å²) >= 11 is 0. The Hall–Kier alpha value is -2.44. The molecular formula is C19H26ClN3O3. The van der Waals surface area contributed by atoms with E-state index in [0.717, 1.165) is 25.3 Å².